The summed E-state index contributed by atoms with van der Waals surface area (Å²) in [5.41, 5.74) is 3.38. The van der Waals surface area contributed by atoms with Crippen LogP contribution >= 0.6 is 0 Å². The third kappa shape index (κ3) is 4.59. The number of nitrogens with zero attached hydrogens (tertiary/aromatic N) is 4. The summed E-state index contributed by atoms with van der Waals surface area (Å²) in [5, 5.41) is 4.72. The van der Waals surface area contributed by atoms with Gasteiger partial charge in [0.05, 0.1) is 19.3 Å². The average Bonchev–Trinajstić information content (AvgIpc) is 3.33. The van der Waals surface area contributed by atoms with Crippen LogP contribution in [0.1, 0.15) is 29.8 Å². The summed E-state index contributed by atoms with van der Waals surface area (Å²) in [6.45, 7) is 4.62. The third-order valence-corrected chi connectivity index (χ3v) is 4.66. The molecular formula is C21H24N4O2. The van der Waals surface area contributed by atoms with Gasteiger partial charge in [0, 0.05) is 24.6 Å². The molecule has 0 amide bonds. The zero-order chi connectivity index (χ0) is 18.5. The van der Waals surface area contributed by atoms with Gasteiger partial charge in [0.1, 0.15) is 6.61 Å². The number of hydrogen-bond acceptors (Lipinski definition) is 5. The van der Waals surface area contributed by atoms with Gasteiger partial charge in [-0.15, -0.1) is 0 Å². The molecule has 1 atom stereocenters. The molecule has 1 fully saturated rings. The van der Waals surface area contributed by atoms with Crippen molar-refractivity contribution in [2.45, 2.75) is 39.0 Å². The molecule has 1 aromatic carbocycles. The Morgan fingerprint density at radius 3 is 2.89 bits per heavy atom. The molecular weight excluding hydrogens is 340 g/mol. The molecule has 6 nitrogen and oxygen atoms in total. The van der Waals surface area contributed by atoms with Crippen molar-refractivity contribution in [2.24, 2.45) is 0 Å². The van der Waals surface area contributed by atoms with E-state index in [4.69, 9.17) is 19.6 Å². The minimum Gasteiger partial charge on any atom is -0.376 e. The van der Waals surface area contributed by atoms with Crippen LogP contribution in [-0.2, 0) is 22.6 Å². The molecule has 1 aliphatic rings. The van der Waals surface area contributed by atoms with E-state index >= 15 is 0 Å². The molecule has 2 aromatic heterocycles. The summed E-state index contributed by atoms with van der Waals surface area (Å²) in [5.74, 6) is 1.52. The number of hydrogen-bond donors (Lipinski definition) is 0. The van der Waals surface area contributed by atoms with Crippen LogP contribution in [0.25, 0.3) is 11.4 Å². The largest absolute Gasteiger partial charge is 0.376 e. The molecule has 1 aliphatic heterocycles. The van der Waals surface area contributed by atoms with Gasteiger partial charge in [0.2, 0.25) is 0 Å². The van der Waals surface area contributed by atoms with E-state index in [1.165, 1.54) is 11.1 Å². The third-order valence-electron chi connectivity index (χ3n) is 4.66. The Labute approximate surface area is 159 Å². The van der Waals surface area contributed by atoms with E-state index in [0.717, 1.165) is 30.8 Å². The number of aromatic nitrogens is 4. The van der Waals surface area contributed by atoms with Crippen molar-refractivity contribution in [3.8, 4) is 11.4 Å². The van der Waals surface area contributed by atoms with E-state index in [-0.39, 0.29) is 6.10 Å². The predicted molar refractivity (Wildman–Crippen MR) is 102 cm³/mol. The lowest BCUT2D eigenvalue weighted by Crippen LogP contribution is -2.16. The first-order chi connectivity index (χ1) is 13.3. The lowest BCUT2D eigenvalue weighted by atomic mass is 10.1. The first-order valence-corrected chi connectivity index (χ1v) is 9.37. The highest BCUT2D eigenvalue weighted by Crippen LogP contribution is 2.17. The van der Waals surface area contributed by atoms with Crippen LogP contribution in [0, 0.1) is 6.92 Å². The summed E-state index contributed by atoms with van der Waals surface area (Å²) < 4.78 is 13.5. The average molecular weight is 364 g/mol. The second kappa shape index (κ2) is 8.41. The van der Waals surface area contributed by atoms with Gasteiger partial charge < -0.3 is 9.47 Å². The first kappa shape index (κ1) is 17.8. The molecule has 6 heteroatoms. The first-order valence-electron chi connectivity index (χ1n) is 9.37. The molecule has 0 spiro atoms. The van der Waals surface area contributed by atoms with Crippen LogP contribution < -0.4 is 0 Å². The van der Waals surface area contributed by atoms with Crippen molar-refractivity contribution in [3.63, 3.8) is 0 Å². The molecule has 27 heavy (non-hydrogen) atoms. The lowest BCUT2D eigenvalue weighted by molar-refractivity contribution is 0.00772. The highest BCUT2D eigenvalue weighted by molar-refractivity contribution is 5.53. The zero-order valence-electron chi connectivity index (χ0n) is 15.5. The van der Waals surface area contributed by atoms with Crippen LogP contribution in [0.3, 0.4) is 0 Å². The van der Waals surface area contributed by atoms with Crippen LogP contribution in [0.15, 0.2) is 48.8 Å². The van der Waals surface area contributed by atoms with Gasteiger partial charge in [-0.2, -0.15) is 5.10 Å². The normalized spacial score (nSPS) is 16.7. The summed E-state index contributed by atoms with van der Waals surface area (Å²) in [6, 6.07) is 12.3. The Morgan fingerprint density at radius 1 is 1.22 bits per heavy atom. The van der Waals surface area contributed by atoms with E-state index in [2.05, 4.69) is 36.2 Å². The van der Waals surface area contributed by atoms with Gasteiger partial charge in [-0.25, -0.2) is 9.67 Å². The van der Waals surface area contributed by atoms with Crippen LogP contribution in [0.4, 0.5) is 0 Å². The van der Waals surface area contributed by atoms with Crippen LogP contribution in [-0.4, -0.2) is 39.1 Å². The van der Waals surface area contributed by atoms with Gasteiger partial charge in [-0.3, -0.25) is 4.98 Å². The van der Waals surface area contributed by atoms with E-state index in [1.807, 2.05) is 16.8 Å². The quantitative estimate of drug-likeness (QED) is 0.643. The minimum absolute atomic E-state index is 0.206. The fourth-order valence-electron chi connectivity index (χ4n) is 3.27. The molecule has 3 aromatic rings. The Balaban J connectivity index is 1.53. The Kier molecular flexibility index (Phi) is 5.55. The highest BCUT2D eigenvalue weighted by Gasteiger charge is 2.17. The number of rotatable bonds is 7. The number of pyridine rings is 1. The van der Waals surface area contributed by atoms with Crippen molar-refractivity contribution in [1.29, 1.82) is 0 Å². The molecule has 0 aliphatic carbocycles. The maximum Gasteiger partial charge on any atom is 0.181 e. The van der Waals surface area contributed by atoms with E-state index in [9.17, 15) is 0 Å². The number of ether oxygens (including phenoxy) is 2. The van der Waals surface area contributed by atoms with Crippen molar-refractivity contribution in [2.75, 3.05) is 13.2 Å². The van der Waals surface area contributed by atoms with Gasteiger partial charge in [-0.1, -0.05) is 29.8 Å². The highest BCUT2D eigenvalue weighted by atomic mass is 16.5. The molecule has 0 radical (unpaired) electrons. The standard InChI is InChI=1S/C21H24N4O2/c1-16-4-2-5-17(12-16)13-25-20(15-26-14-19-6-3-11-27-19)23-21(24-25)18-7-9-22-10-8-18/h2,4-5,7-10,12,19H,3,6,11,13-15H2,1H3/t19-/m0/s1. The van der Waals surface area contributed by atoms with Gasteiger partial charge in [0.15, 0.2) is 11.6 Å². The molecule has 4 rings (SSSR count). The maximum absolute atomic E-state index is 5.89. The monoisotopic (exact) mass is 364 g/mol. The number of benzene rings is 1. The second-order valence-corrected chi connectivity index (χ2v) is 6.88. The van der Waals surface area contributed by atoms with Gasteiger partial charge >= 0.3 is 0 Å². The van der Waals surface area contributed by atoms with Crippen molar-refractivity contribution in [1.82, 2.24) is 19.7 Å². The molecule has 0 bridgehead atoms. The molecule has 0 unspecified atom stereocenters. The Bertz CT molecular complexity index is 873. The van der Waals surface area contributed by atoms with Gasteiger partial charge in [-0.05, 0) is 37.5 Å². The minimum atomic E-state index is 0.206. The van der Waals surface area contributed by atoms with Crippen LogP contribution in [0.2, 0.25) is 0 Å². The smallest absolute Gasteiger partial charge is 0.181 e. The van der Waals surface area contributed by atoms with Crippen molar-refractivity contribution < 1.29 is 9.47 Å². The molecule has 140 valence electrons. The molecule has 3 heterocycles. The molecule has 0 saturated carbocycles. The predicted octanol–water partition coefficient (Wildman–Crippen LogP) is 3.39. The SMILES string of the molecule is Cc1cccc(Cn2nc(-c3ccncc3)nc2COC[C@@H]2CCCO2)c1. The fraction of sp³-hybridized carbons (Fsp3) is 0.381. The van der Waals surface area contributed by atoms with Gasteiger partial charge in [0.25, 0.3) is 0 Å². The zero-order valence-corrected chi connectivity index (χ0v) is 15.5. The summed E-state index contributed by atoms with van der Waals surface area (Å²) >= 11 is 0. The van der Waals surface area contributed by atoms with E-state index in [0.29, 0.717) is 25.6 Å². The Hall–Kier alpha value is -2.57. The van der Waals surface area contributed by atoms with Crippen LogP contribution in [0.5, 0.6) is 0 Å². The second-order valence-electron chi connectivity index (χ2n) is 6.88. The Morgan fingerprint density at radius 2 is 2.11 bits per heavy atom. The van der Waals surface area contributed by atoms with E-state index in [1.54, 1.807) is 12.4 Å². The molecule has 1 saturated heterocycles. The van der Waals surface area contributed by atoms with E-state index < -0.39 is 0 Å². The lowest BCUT2D eigenvalue weighted by Gasteiger charge is -2.11. The van der Waals surface area contributed by atoms with Crippen molar-refractivity contribution >= 4 is 0 Å². The summed E-state index contributed by atoms with van der Waals surface area (Å²) in [6.07, 6.45) is 5.90. The topological polar surface area (TPSA) is 62.1 Å². The molecule has 0 N–H and O–H groups in total. The fourth-order valence-corrected chi connectivity index (χ4v) is 3.27. The summed E-state index contributed by atoms with van der Waals surface area (Å²) in [7, 11) is 0. The maximum atomic E-state index is 5.89. The summed E-state index contributed by atoms with van der Waals surface area (Å²) in [4.78, 5) is 8.79. The number of aryl methyl sites for hydroxylation is 1. The van der Waals surface area contributed by atoms with Crippen molar-refractivity contribution in [3.05, 3.63) is 65.7 Å².